The van der Waals surface area contributed by atoms with Crippen LogP contribution >= 0.6 is 23.2 Å². The van der Waals surface area contributed by atoms with Gasteiger partial charge in [-0.05, 0) is 42.2 Å². The summed E-state index contributed by atoms with van der Waals surface area (Å²) in [7, 11) is -3.60. The van der Waals surface area contributed by atoms with Gasteiger partial charge in [0.15, 0.2) is 5.82 Å². The van der Waals surface area contributed by atoms with Crippen LogP contribution < -0.4 is 10.2 Å². The molecule has 2 amide bonds. The zero-order chi connectivity index (χ0) is 30.0. The molecule has 4 atom stereocenters. The summed E-state index contributed by atoms with van der Waals surface area (Å²) in [4.78, 5) is 39.2. The van der Waals surface area contributed by atoms with Crippen LogP contribution in [0.5, 0.6) is 0 Å². The summed E-state index contributed by atoms with van der Waals surface area (Å²) in [5.41, 5.74) is 3.69. The maximum atomic E-state index is 14.3. The van der Waals surface area contributed by atoms with Gasteiger partial charge in [0.2, 0.25) is 10.0 Å². The number of aromatic nitrogens is 2. The van der Waals surface area contributed by atoms with Gasteiger partial charge in [-0.15, -0.1) is 0 Å². The molecular weight excluding hydrogens is 609 g/mol. The van der Waals surface area contributed by atoms with Crippen molar-refractivity contribution in [1.29, 1.82) is 0 Å². The Kier molecular flexibility index (Phi) is 9.16. The molecule has 5 rings (SSSR count). The molecule has 0 bridgehead atoms. The van der Waals surface area contributed by atoms with E-state index in [1.807, 2.05) is 0 Å². The number of hydrogen-bond donors (Lipinski definition) is 3. The molecule has 0 spiro atoms. The fourth-order valence-corrected chi connectivity index (χ4v) is 7.12. The van der Waals surface area contributed by atoms with Crippen LogP contribution in [0.1, 0.15) is 70.8 Å². The van der Waals surface area contributed by atoms with Crippen molar-refractivity contribution in [3.8, 4) is 0 Å². The van der Waals surface area contributed by atoms with E-state index in [9.17, 15) is 18.0 Å². The molecule has 0 radical (unpaired) electrons. The van der Waals surface area contributed by atoms with E-state index in [4.69, 9.17) is 37.7 Å². The number of carbonyl (C=O) groups excluding carboxylic acids is 2. The van der Waals surface area contributed by atoms with E-state index >= 15 is 0 Å². The molecule has 42 heavy (non-hydrogen) atoms. The van der Waals surface area contributed by atoms with Crippen molar-refractivity contribution in [3.63, 3.8) is 0 Å². The summed E-state index contributed by atoms with van der Waals surface area (Å²) in [6.45, 7) is -0.691. The standard InChI is InChI=1S/C27H29Cl2N5O7S/c1-42(38,39)33-20-8-4-5-9-21(20)34-25(18-11-10-15(28)12-19(18)29)24(16-6-2-3-7-17(16)27(34)37)26(36)32-40-14-22-30-23(13-35)41-31-22/h2-3,6-7,10-12,20-21,24-25,33,35H,4-5,8-9,13-14H2,1H3,(H,32,36)/t20-,21-,24+,25-/m0/s1. The van der Waals surface area contributed by atoms with Gasteiger partial charge < -0.3 is 14.5 Å². The SMILES string of the molecule is CS(=O)(=O)N[C@H]1CCCC[C@@H]1N1C(=O)c2ccccc2[C@@H](C(=O)NOCc2noc(CO)n2)[C@@H]1c1ccc(Cl)cc1Cl. The van der Waals surface area contributed by atoms with E-state index in [2.05, 4.69) is 20.3 Å². The molecule has 1 aliphatic carbocycles. The molecule has 0 saturated heterocycles. The van der Waals surface area contributed by atoms with E-state index in [1.165, 1.54) is 6.07 Å². The van der Waals surface area contributed by atoms with Gasteiger partial charge in [-0.25, -0.2) is 18.6 Å². The van der Waals surface area contributed by atoms with E-state index in [1.54, 1.807) is 41.3 Å². The summed E-state index contributed by atoms with van der Waals surface area (Å²) in [6.07, 6.45) is 3.66. The fourth-order valence-electron chi connectivity index (χ4n) is 5.78. The molecule has 2 heterocycles. The molecule has 3 aromatic rings. The lowest BCUT2D eigenvalue weighted by Crippen LogP contribution is -2.59. The normalized spacial score (nSPS) is 22.6. The predicted molar refractivity (Wildman–Crippen MR) is 152 cm³/mol. The van der Waals surface area contributed by atoms with Crippen molar-refractivity contribution in [3.05, 3.63) is 80.9 Å². The van der Waals surface area contributed by atoms with E-state index in [0.717, 1.165) is 19.1 Å². The lowest BCUT2D eigenvalue weighted by atomic mass is 9.76. The van der Waals surface area contributed by atoms with Crippen LogP contribution in [0.2, 0.25) is 10.0 Å². The lowest BCUT2D eigenvalue weighted by Gasteiger charge is -2.49. The Bertz CT molecular complexity index is 1580. The molecule has 2 aliphatic rings. The second-order valence-corrected chi connectivity index (χ2v) is 12.9. The Morgan fingerprint density at radius 1 is 1.17 bits per heavy atom. The van der Waals surface area contributed by atoms with Crippen LogP contribution in [0.4, 0.5) is 0 Å². The first-order chi connectivity index (χ1) is 20.1. The van der Waals surface area contributed by atoms with Crippen LogP contribution in [-0.2, 0) is 32.9 Å². The van der Waals surface area contributed by atoms with Gasteiger partial charge in [0, 0.05) is 27.7 Å². The number of aliphatic hydroxyl groups excluding tert-OH is 1. The van der Waals surface area contributed by atoms with Gasteiger partial charge in [0.1, 0.15) is 13.2 Å². The van der Waals surface area contributed by atoms with Crippen LogP contribution in [-0.4, -0.2) is 58.7 Å². The molecule has 1 aliphatic heterocycles. The number of rotatable bonds is 9. The zero-order valence-corrected chi connectivity index (χ0v) is 24.8. The van der Waals surface area contributed by atoms with Gasteiger partial charge in [-0.2, -0.15) is 4.98 Å². The highest BCUT2D eigenvalue weighted by atomic mass is 35.5. The molecule has 12 nitrogen and oxygen atoms in total. The van der Waals surface area contributed by atoms with Crippen molar-refractivity contribution in [2.45, 2.75) is 62.9 Å². The molecule has 15 heteroatoms. The van der Waals surface area contributed by atoms with Crippen molar-refractivity contribution in [1.82, 2.24) is 25.2 Å². The number of sulfonamides is 1. The molecule has 3 N–H and O–H groups in total. The average Bonchev–Trinajstić information content (AvgIpc) is 3.41. The third kappa shape index (κ3) is 6.46. The first kappa shape index (κ1) is 30.4. The number of nitrogens with zero attached hydrogens (tertiary/aromatic N) is 3. The number of halogens is 2. The highest BCUT2D eigenvalue weighted by Gasteiger charge is 2.49. The number of hydroxylamine groups is 1. The largest absolute Gasteiger partial charge is 0.387 e. The molecule has 224 valence electrons. The van der Waals surface area contributed by atoms with Crippen LogP contribution in [0, 0.1) is 0 Å². The molecular formula is C27H29Cl2N5O7S. The summed E-state index contributed by atoms with van der Waals surface area (Å²) < 4.78 is 32.2. The van der Waals surface area contributed by atoms with Gasteiger partial charge in [0.25, 0.3) is 17.7 Å². The predicted octanol–water partition coefficient (Wildman–Crippen LogP) is 3.26. The quantitative estimate of drug-likeness (QED) is 0.299. The first-order valence-corrected chi connectivity index (χ1v) is 15.9. The average molecular weight is 639 g/mol. The highest BCUT2D eigenvalue weighted by molar-refractivity contribution is 7.88. The number of nitrogens with one attached hydrogen (secondary N) is 2. The number of carbonyl (C=O) groups is 2. The molecule has 2 aromatic carbocycles. The Labute approximate surface area is 252 Å². The molecule has 1 fully saturated rings. The third-order valence-electron chi connectivity index (χ3n) is 7.41. The number of hydrogen-bond acceptors (Lipinski definition) is 9. The van der Waals surface area contributed by atoms with Gasteiger partial charge in [-0.1, -0.05) is 65.5 Å². The minimum Gasteiger partial charge on any atom is -0.387 e. The van der Waals surface area contributed by atoms with E-state index in [0.29, 0.717) is 34.6 Å². The number of amides is 2. The maximum absolute atomic E-state index is 14.3. The zero-order valence-electron chi connectivity index (χ0n) is 22.5. The van der Waals surface area contributed by atoms with Crippen molar-refractivity contribution in [2.24, 2.45) is 0 Å². The smallest absolute Gasteiger partial charge is 0.255 e. The fraction of sp³-hybridized carbons (Fsp3) is 0.407. The summed E-state index contributed by atoms with van der Waals surface area (Å²) in [5.74, 6) is -1.82. The van der Waals surface area contributed by atoms with Crippen LogP contribution in [0.15, 0.2) is 47.0 Å². The minimum absolute atomic E-state index is 0.00234. The van der Waals surface area contributed by atoms with Crippen molar-refractivity contribution in [2.75, 3.05) is 6.26 Å². The number of fused-ring (bicyclic) bond motifs is 1. The van der Waals surface area contributed by atoms with E-state index < -0.39 is 46.6 Å². The Morgan fingerprint density at radius 3 is 2.64 bits per heavy atom. The molecule has 1 aromatic heterocycles. The minimum atomic E-state index is -3.60. The van der Waals surface area contributed by atoms with Gasteiger partial charge >= 0.3 is 0 Å². The number of benzene rings is 2. The number of aliphatic hydroxyl groups is 1. The highest BCUT2D eigenvalue weighted by Crippen LogP contribution is 2.47. The maximum Gasteiger partial charge on any atom is 0.255 e. The summed E-state index contributed by atoms with van der Waals surface area (Å²) >= 11 is 12.9. The third-order valence-corrected chi connectivity index (χ3v) is 8.70. The lowest BCUT2D eigenvalue weighted by molar-refractivity contribution is -0.138. The Morgan fingerprint density at radius 2 is 1.93 bits per heavy atom. The molecule has 0 unspecified atom stereocenters. The summed E-state index contributed by atoms with van der Waals surface area (Å²) in [6, 6.07) is 9.53. The van der Waals surface area contributed by atoms with E-state index in [-0.39, 0.29) is 29.3 Å². The first-order valence-electron chi connectivity index (χ1n) is 13.2. The Balaban J connectivity index is 1.58. The van der Waals surface area contributed by atoms with Gasteiger partial charge in [-0.3, -0.25) is 14.4 Å². The molecule has 1 saturated carbocycles. The topological polar surface area (TPSA) is 164 Å². The second-order valence-electron chi connectivity index (χ2n) is 10.3. The van der Waals surface area contributed by atoms with Crippen LogP contribution in [0.3, 0.4) is 0 Å². The monoisotopic (exact) mass is 637 g/mol. The van der Waals surface area contributed by atoms with Crippen molar-refractivity contribution < 1.29 is 32.5 Å². The Hall–Kier alpha value is -3.07. The van der Waals surface area contributed by atoms with Gasteiger partial charge in [0.05, 0.1) is 18.2 Å². The summed E-state index contributed by atoms with van der Waals surface area (Å²) in [5, 5.41) is 13.4. The van der Waals surface area contributed by atoms with Crippen molar-refractivity contribution >= 4 is 45.0 Å². The van der Waals surface area contributed by atoms with Crippen LogP contribution in [0.25, 0.3) is 0 Å². The second kappa shape index (κ2) is 12.7.